The van der Waals surface area contributed by atoms with Crippen molar-refractivity contribution in [1.82, 2.24) is 9.78 Å². The quantitative estimate of drug-likeness (QED) is 0.757. The number of nitrogens with zero attached hydrogens (tertiary/aromatic N) is 2. The van der Waals surface area contributed by atoms with E-state index >= 15 is 0 Å². The molecule has 0 fully saturated rings. The number of hydrogen-bond donors (Lipinski definition) is 1. The molecule has 0 saturated carbocycles. The van der Waals surface area contributed by atoms with Gasteiger partial charge in [0.25, 0.3) is 11.5 Å². The van der Waals surface area contributed by atoms with E-state index in [9.17, 15) is 9.59 Å². The molecule has 0 bridgehead atoms. The average Bonchev–Trinajstić information content (AvgIpc) is 2.65. The number of carbonyl (C=O) groups excluding carboxylic acids is 1. The summed E-state index contributed by atoms with van der Waals surface area (Å²) in [5.74, 6) is -0.358. The van der Waals surface area contributed by atoms with Gasteiger partial charge < -0.3 is 5.32 Å². The van der Waals surface area contributed by atoms with Crippen molar-refractivity contribution in [2.24, 2.45) is 7.05 Å². The Kier molecular flexibility index (Phi) is 5.09. The molecule has 0 unspecified atom stereocenters. The van der Waals surface area contributed by atoms with Crippen LogP contribution in [0.2, 0.25) is 5.02 Å². The van der Waals surface area contributed by atoms with Crippen molar-refractivity contribution in [3.05, 3.63) is 68.6 Å². The van der Waals surface area contributed by atoms with E-state index in [0.717, 1.165) is 23.2 Å². The Morgan fingerprint density at radius 1 is 1.12 bits per heavy atom. The van der Waals surface area contributed by atoms with Gasteiger partial charge >= 0.3 is 0 Å². The van der Waals surface area contributed by atoms with Gasteiger partial charge in [0.2, 0.25) is 0 Å². The number of amides is 1. The maximum absolute atomic E-state index is 13.0. The number of anilines is 1. The highest BCUT2D eigenvalue weighted by Gasteiger charge is 2.19. The highest BCUT2D eigenvalue weighted by Crippen LogP contribution is 2.30. The molecule has 0 spiro atoms. The number of aromatic nitrogens is 2. The van der Waals surface area contributed by atoms with Gasteiger partial charge in [0, 0.05) is 23.1 Å². The van der Waals surface area contributed by atoms with Gasteiger partial charge in [-0.25, -0.2) is 4.68 Å². The smallest absolute Gasteiger partial charge is 0.276 e. The summed E-state index contributed by atoms with van der Waals surface area (Å²) >= 11 is 6.32. The third kappa shape index (κ3) is 3.10. The van der Waals surface area contributed by atoms with Gasteiger partial charge in [-0.3, -0.25) is 9.59 Å². The second kappa shape index (κ2) is 7.30. The van der Waals surface area contributed by atoms with E-state index in [-0.39, 0.29) is 17.2 Å². The van der Waals surface area contributed by atoms with Gasteiger partial charge in [-0.1, -0.05) is 49.7 Å². The lowest BCUT2D eigenvalue weighted by atomic mass is 10.0. The number of hydrogen-bond acceptors (Lipinski definition) is 3. The number of nitrogens with one attached hydrogen (secondary N) is 1. The Balaban J connectivity index is 2.14. The summed E-state index contributed by atoms with van der Waals surface area (Å²) in [7, 11) is 1.54. The molecule has 26 heavy (non-hydrogen) atoms. The van der Waals surface area contributed by atoms with E-state index in [4.69, 9.17) is 11.6 Å². The van der Waals surface area contributed by atoms with Gasteiger partial charge in [0.05, 0.1) is 5.39 Å². The van der Waals surface area contributed by atoms with Crippen LogP contribution in [0.15, 0.2) is 41.2 Å². The fourth-order valence-corrected chi connectivity index (χ4v) is 3.40. The lowest BCUT2D eigenvalue weighted by molar-refractivity contribution is 0.102. The van der Waals surface area contributed by atoms with Gasteiger partial charge in [0.15, 0.2) is 5.69 Å². The van der Waals surface area contributed by atoms with E-state index in [0.29, 0.717) is 22.2 Å². The molecule has 0 atom stereocenters. The van der Waals surface area contributed by atoms with Crippen LogP contribution in [-0.2, 0) is 19.9 Å². The summed E-state index contributed by atoms with van der Waals surface area (Å²) in [4.78, 5) is 25.3. The summed E-state index contributed by atoms with van der Waals surface area (Å²) < 4.78 is 1.19. The molecule has 134 valence electrons. The first-order valence-corrected chi connectivity index (χ1v) is 8.93. The Hall–Kier alpha value is -2.66. The van der Waals surface area contributed by atoms with Crippen LogP contribution in [0.1, 0.15) is 35.5 Å². The van der Waals surface area contributed by atoms with E-state index in [2.05, 4.69) is 10.4 Å². The number of rotatable bonds is 4. The second-order valence-corrected chi connectivity index (χ2v) is 6.45. The summed E-state index contributed by atoms with van der Waals surface area (Å²) in [5.41, 5.74) is 2.62. The largest absolute Gasteiger partial charge is 0.320 e. The van der Waals surface area contributed by atoms with E-state index < -0.39 is 0 Å². The standard InChI is InChI=1S/C20H20ClN3O2/c1-4-12-10-11-16(21)13(5-2)17(12)22-19(25)18-14-8-6-7-9-15(14)20(26)24(3)23-18/h6-11H,4-5H2,1-3H3,(H,22,25). The first-order chi connectivity index (χ1) is 12.5. The number of fused-ring (bicyclic) bond motifs is 1. The molecule has 2 aromatic carbocycles. The monoisotopic (exact) mass is 369 g/mol. The molecule has 3 aromatic rings. The molecule has 0 radical (unpaired) electrons. The Morgan fingerprint density at radius 3 is 2.46 bits per heavy atom. The molecule has 0 saturated heterocycles. The molecule has 0 aliphatic rings. The van der Waals surface area contributed by atoms with Crippen LogP contribution in [0.25, 0.3) is 10.8 Å². The minimum atomic E-state index is -0.358. The molecular weight excluding hydrogens is 350 g/mol. The van der Waals surface area contributed by atoms with Crippen LogP contribution in [0.3, 0.4) is 0 Å². The molecule has 1 heterocycles. The van der Waals surface area contributed by atoms with Crippen molar-refractivity contribution in [2.45, 2.75) is 26.7 Å². The van der Waals surface area contributed by atoms with E-state index in [1.807, 2.05) is 26.0 Å². The zero-order valence-corrected chi connectivity index (χ0v) is 15.7. The maximum Gasteiger partial charge on any atom is 0.276 e. The van der Waals surface area contributed by atoms with Crippen LogP contribution >= 0.6 is 11.6 Å². The van der Waals surface area contributed by atoms with Gasteiger partial charge in [-0.15, -0.1) is 0 Å². The number of aryl methyl sites for hydroxylation is 2. The molecular formula is C20H20ClN3O2. The summed E-state index contributed by atoms with van der Waals surface area (Å²) in [6.07, 6.45) is 1.46. The topological polar surface area (TPSA) is 64.0 Å². The normalized spacial score (nSPS) is 10.9. The van der Waals surface area contributed by atoms with Crippen molar-refractivity contribution < 1.29 is 4.79 Å². The van der Waals surface area contributed by atoms with E-state index in [1.165, 1.54) is 4.68 Å². The first-order valence-electron chi connectivity index (χ1n) is 8.55. The van der Waals surface area contributed by atoms with Crippen LogP contribution in [0.5, 0.6) is 0 Å². The second-order valence-electron chi connectivity index (χ2n) is 6.04. The molecule has 5 nitrogen and oxygen atoms in total. The molecule has 0 aliphatic carbocycles. The molecule has 3 rings (SSSR count). The van der Waals surface area contributed by atoms with Crippen LogP contribution in [-0.4, -0.2) is 15.7 Å². The number of halogens is 1. The van der Waals surface area contributed by atoms with Crippen molar-refractivity contribution in [2.75, 3.05) is 5.32 Å². The predicted octanol–water partition coefficient (Wildman–Crippen LogP) is 3.96. The molecule has 1 amide bonds. The van der Waals surface area contributed by atoms with Crippen molar-refractivity contribution in [3.63, 3.8) is 0 Å². The summed E-state index contributed by atoms with van der Waals surface area (Å²) in [6, 6.07) is 10.8. The zero-order valence-electron chi connectivity index (χ0n) is 15.0. The Morgan fingerprint density at radius 2 is 1.81 bits per heavy atom. The molecule has 1 aromatic heterocycles. The first kappa shape index (κ1) is 18.1. The SMILES string of the molecule is CCc1ccc(Cl)c(CC)c1NC(=O)c1nn(C)c(=O)c2ccccc12. The maximum atomic E-state index is 13.0. The fraction of sp³-hybridized carbons (Fsp3) is 0.250. The summed E-state index contributed by atoms with van der Waals surface area (Å²) in [5, 5.41) is 8.79. The zero-order chi connectivity index (χ0) is 18.8. The van der Waals surface area contributed by atoms with Gasteiger partial charge in [-0.05, 0) is 36.1 Å². The lowest BCUT2D eigenvalue weighted by Gasteiger charge is -2.16. The minimum absolute atomic E-state index is 0.215. The third-order valence-corrected chi connectivity index (χ3v) is 4.84. The highest BCUT2D eigenvalue weighted by molar-refractivity contribution is 6.32. The van der Waals surface area contributed by atoms with E-state index in [1.54, 1.807) is 31.3 Å². The van der Waals surface area contributed by atoms with Crippen LogP contribution in [0.4, 0.5) is 5.69 Å². The van der Waals surface area contributed by atoms with Crippen molar-refractivity contribution in [1.29, 1.82) is 0 Å². The molecule has 1 N–H and O–H groups in total. The Bertz CT molecular complexity index is 1060. The minimum Gasteiger partial charge on any atom is -0.320 e. The van der Waals surface area contributed by atoms with Gasteiger partial charge in [-0.2, -0.15) is 5.10 Å². The number of benzene rings is 2. The van der Waals surface area contributed by atoms with Gasteiger partial charge in [0.1, 0.15) is 0 Å². The number of carbonyl (C=O) groups is 1. The molecule has 6 heteroatoms. The van der Waals surface area contributed by atoms with Crippen molar-refractivity contribution >= 4 is 34.0 Å². The highest BCUT2D eigenvalue weighted by atomic mass is 35.5. The summed E-state index contributed by atoms with van der Waals surface area (Å²) in [6.45, 7) is 4.02. The lowest BCUT2D eigenvalue weighted by Crippen LogP contribution is -2.26. The average molecular weight is 370 g/mol. The predicted molar refractivity (Wildman–Crippen MR) is 105 cm³/mol. The third-order valence-electron chi connectivity index (χ3n) is 4.49. The molecule has 0 aliphatic heterocycles. The van der Waals surface area contributed by atoms with Crippen LogP contribution in [0, 0.1) is 0 Å². The fourth-order valence-electron chi connectivity index (χ4n) is 3.11. The Labute approximate surface area is 156 Å². The van der Waals surface area contributed by atoms with Crippen molar-refractivity contribution in [3.8, 4) is 0 Å². The van der Waals surface area contributed by atoms with Crippen LogP contribution < -0.4 is 10.9 Å².